The second kappa shape index (κ2) is 9.91. The molecule has 2 atom stereocenters. The summed E-state index contributed by atoms with van der Waals surface area (Å²) >= 11 is 0. The van der Waals surface area contributed by atoms with Crippen molar-refractivity contribution in [3.63, 3.8) is 0 Å². The van der Waals surface area contributed by atoms with Crippen LogP contribution in [0.5, 0.6) is 0 Å². The predicted molar refractivity (Wildman–Crippen MR) is 110 cm³/mol. The average Bonchev–Trinajstić information content (AvgIpc) is 3.22. The average molecular weight is 410 g/mol. The van der Waals surface area contributed by atoms with Gasteiger partial charge < -0.3 is 19.7 Å². The molecule has 7 nitrogen and oxygen atoms in total. The van der Waals surface area contributed by atoms with Crippen LogP contribution in [0.2, 0.25) is 0 Å². The number of benzene rings is 2. The summed E-state index contributed by atoms with van der Waals surface area (Å²) in [7, 11) is 1.31. The lowest BCUT2D eigenvalue weighted by atomic mass is 10.0. The number of hydrogen-bond donors (Lipinski definition) is 1. The molecule has 1 aliphatic rings. The van der Waals surface area contributed by atoms with Crippen LogP contribution in [0.1, 0.15) is 35.6 Å². The fourth-order valence-corrected chi connectivity index (χ4v) is 3.66. The monoisotopic (exact) mass is 410 g/mol. The summed E-state index contributed by atoms with van der Waals surface area (Å²) in [6.07, 6.45) is 0.468. The molecular formula is C23H26N2O5. The van der Waals surface area contributed by atoms with Gasteiger partial charge in [0.1, 0.15) is 19.2 Å². The maximum absolute atomic E-state index is 13.0. The van der Waals surface area contributed by atoms with Crippen molar-refractivity contribution in [2.24, 2.45) is 0 Å². The molecule has 30 heavy (non-hydrogen) atoms. The Morgan fingerprint density at radius 1 is 1.03 bits per heavy atom. The highest BCUT2D eigenvalue weighted by Gasteiger charge is 2.42. The quantitative estimate of drug-likeness (QED) is 0.740. The molecule has 0 spiro atoms. The lowest BCUT2D eigenvalue weighted by Crippen LogP contribution is -2.46. The number of methoxy groups -OCH3 is 1. The van der Waals surface area contributed by atoms with Gasteiger partial charge in [-0.1, -0.05) is 60.2 Å². The molecule has 0 radical (unpaired) electrons. The maximum Gasteiger partial charge on any atom is 0.407 e. The number of ether oxygens (including phenoxy) is 2. The number of nitrogens with one attached hydrogen (secondary N) is 1. The number of aryl methyl sites for hydroxylation is 1. The molecule has 1 heterocycles. The van der Waals surface area contributed by atoms with Crippen molar-refractivity contribution in [2.45, 2.75) is 38.5 Å². The first kappa shape index (κ1) is 21.4. The lowest BCUT2D eigenvalue weighted by molar-refractivity contribution is -0.152. The number of carbonyl (C=O) groups is 3. The largest absolute Gasteiger partial charge is 0.467 e. The van der Waals surface area contributed by atoms with Gasteiger partial charge in [-0.25, -0.2) is 9.59 Å². The Morgan fingerprint density at radius 2 is 1.73 bits per heavy atom. The normalized spacial score (nSPS) is 18.0. The van der Waals surface area contributed by atoms with Crippen LogP contribution in [-0.2, 0) is 25.7 Å². The van der Waals surface area contributed by atoms with E-state index in [0.29, 0.717) is 12.8 Å². The molecule has 0 bridgehead atoms. The molecule has 1 N–H and O–H groups in total. The van der Waals surface area contributed by atoms with Crippen molar-refractivity contribution >= 4 is 18.0 Å². The molecule has 3 rings (SSSR count). The molecule has 158 valence electrons. The fourth-order valence-electron chi connectivity index (χ4n) is 3.66. The number of carbonyl (C=O) groups excluding carboxylic acids is 3. The van der Waals surface area contributed by atoms with Crippen LogP contribution in [0, 0.1) is 6.92 Å². The summed E-state index contributed by atoms with van der Waals surface area (Å²) in [6.45, 7) is 1.84. The van der Waals surface area contributed by atoms with Crippen LogP contribution in [0.15, 0.2) is 54.6 Å². The minimum Gasteiger partial charge on any atom is -0.467 e. The molecule has 2 aromatic rings. The van der Waals surface area contributed by atoms with E-state index in [0.717, 1.165) is 16.7 Å². The van der Waals surface area contributed by atoms with Crippen LogP contribution in [0.3, 0.4) is 0 Å². The van der Waals surface area contributed by atoms with Gasteiger partial charge in [0.2, 0.25) is 5.91 Å². The Labute approximate surface area is 176 Å². The first-order valence-electron chi connectivity index (χ1n) is 9.89. The van der Waals surface area contributed by atoms with Crippen LogP contribution >= 0.6 is 0 Å². The summed E-state index contributed by atoms with van der Waals surface area (Å²) in [5, 5.41) is 2.48. The Hall–Kier alpha value is -3.35. The van der Waals surface area contributed by atoms with E-state index >= 15 is 0 Å². The molecule has 1 fully saturated rings. The summed E-state index contributed by atoms with van der Waals surface area (Å²) in [4.78, 5) is 38.7. The fraction of sp³-hybridized carbons (Fsp3) is 0.348. The summed E-state index contributed by atoms with van der Waals surface area (Å²) < 4.78 is 10.0. The summed E-state index contributed by atoms with van der Waals surface area (Å²) in [5.41, 5.74) is 2.91. The molecule has 0 saturated carbocycles. The van der Waals surface area contributed by atoms with Crippen molar-refractivity contribution < 1.29 is 23.9 Å². The van der Waals surface area contributed by atoms with Crippen molar-refractivity contribution in [3.05, 3.63) is 71.3 Å². The second-order valence-electron chi connectivity index (χ2n) is 7.26. The second-order valence-corrected chi connectivity index (χ2v) is 7.26. The Kier molecular flexibility index (Phi) is 7.06. The van der Waals surface area contributed by atoms with E-state index in [4.69, 9.17) is 9.47 Å². The van der Waals surface area contributed by atoms with E-state index in [1.807, 2.05) is 61.5 Å². The number of likely N-dealkylation sites (tertiary alicyclic amines) is 1. The molecule has 7 heteroatoms. The third-order valence-corrected chi connectivity index (χ3v) is 5.21. The molecule has 0 aliphatic carbocycles. The van der Waals surface area contributed by atoms with Crippen molar-refractivity contribution in [3.8, 4) is 0 Å². The van der Waals surface area contributed by atoms with Crippen molar-refractivity contribution in [1.82, 2.24) is 10.2 Å². The van der Waals surface area contributed by atoms with Crippen molar-refractivity contribution in [1.29, 1.82) is 0 Å². The third-order valence-electron chi connectivity index (χ3n) is 5.21. The molecule has 2 aromatic carbocycles. The molecule has 1 saturated heterocycles. The number of alkyl carbamates (subject to hydrolysis) is 1. The Balaban J connectivity index is 1.64. The van der Waals surface area contributed by atoms with Gasteiger partial charge in [-0.3, -0.25) is 4.79 Å². The molecule has 2 amide bonds. The minimum atomic E-state index is -0.687. The van der Waals surface area contributed by atoms with Crippen molar-refractivity contribution in [2.75, 3.05) is 13.7 Å². The van der Waals surface area contributed by atoms with Crippen LogP contribution in [0.4, 0.5) is 4.79 Å². The SMILES string of the molecule is COC(=O)[C@@H]1CC[C@H](c2ccc(C)cc2)N1C(=O)CNC(=O)OCc1ccccc1. The number of hydrogen-bond acceptors (Lipinski definition) is 5. The van der Waals surface area contributed by atoms with E-state index in [-0.39, 0.29) is 25.1 Å². The van der Waals surface area contributed by atoms with Crippen LogP contribution in [0.25, 0.3) is 0 Å². The highest BCUT2D eigenvalue weighted by atomic mass is 16.5. The van der Waals surface area contributed by atoms with Gasteiger partial charge in [0, 0.05) is 0 Å². The van der Waals surface area contributed by atoms with E-state index in [2.05, 4.69) is 5.32 Å². The third kappa shape index (κ3) is 5.17. The number of rotatable bonds is 6. The standard InChI is InChI=1S/C23H26N2O5/c1-16-8-10-18(11-9-16)19-12-13-20(22(27)29-2)25(19)21(26)14-24-23(28)30-15-17-6-4-3-5-7-17/h3-11,19-20H,12-15H2,1-2H3,(H,24,28)/t19-,20+/m1/s1. The topological polar surface area (TPSA) is 84.9 Å². The first-order valence-corrected chi connectivity index (χ1v) is 9.89. The Bertz CT molecular complexity index is 882. The van der Waals surface area contributed by atoms with E-state index in [9.17, 15) is 14.4 Å². The highest BCUT2D eigenvalue weighted by Crippen LogP contribution is 2.36. The minimum absolute atomic E-state index is 0.112. The zero-order valence-electron chi connectivity index (χ0n) is 17.2. The summed E-state index contributed by atoms with van der Waals surface area (Å²) in [5.74, 6) is -0.810. The molecular weight excluding hydrogens is 384 g/mol. The lowest BCUT2D eigenvalue weighted by Gasteiger charge is -2.29. The van der Waals surface area contributed by atoms with E-state index < -0.39 is 18.1 Å². The van der Waals surface area contributed by atoms with Gasteiger partial charge in [0.05, 0.1) is 13.2 Å². The highest BCUT2D eigenvalue weighted by molar-refractivity contribution is 5.88. The summed E-state index contributed by atoms with van der Waals surface area (Å²) in [6, 6.07) is 16.2. The number of esters is 1. The van der Waals surface area contributed by atoms with Gasteiger partial charge in [0.15, 0.2) is 0 Å². The van der Waals surface area contributed by atoms with E-state index in [1.54, 1.807) is 0 Å². The maximum atomic E-state index is 13.0. The van der Waals surface area contributed by atoms with Crippen LogP contribution in [-0.4, -0.2) is 42.6 Å². The molecule has 0 aromatic heterocycles. The van der Waals surface area contributed by atoms with Gasteiger partial charge in [-0.15, -0.1) is 0 Å². The van der Waals surface area contributed by atoms with Gasteiger partial charge >= 0.3 is 12.1 Å². The number of nitrogens with zero attached hydrogens (tertiary/aromatic N) is 1. The zero-order valence-corrected chi connectivity index (χ0v) is 17.2. The smallest absolute Gasteiger partial charge is 0.407 e. The van der Waals surface area contributed by atoms with Gasteiger partial charge in [0.25, 0.3) is 0 Å². The van der Waals surface area contributed by atoms with E-state index in [1.165, 1.54) is 12.0 Å². The number of amides is 2. The van der Waals surface area contributed by atoms with Crippen LogP contribution < -0.4 is 5.32 Å². The zero-order chi connectivity index (χ0) is 21.5. The molecule has 1 aliphatic heterocycles. The van der Waals surface area contributed by atoms with Gasteiger partial charge in [-0.05, 0) is 30.9 Å². The van der Waals surface area contributed by atoms with Gasteiger partial charge in [-0.2, -0.15) is 0 Å². The predicted octanol–water partition coefficient (Wildman–Crippen LogP) is 3.13. The first-order chi connectivity index (χ1) is 14.5. The Morgan fingerprint density at radius 3 is 2.40 bits per heavy atom. The molecule has 0 unspecified atom stereocenters.